The summed E-state index contributed by atoms with van der Waals surface area (Å²) in [5.41, 5.74) is 3.12. The molecule has 0 fully saturated rings. The summed E-state index contributed by atoms with van der Waals surface area (Å²) in [6, 6.07) is 13.6. The zero-order valence-electron chi connectivity index (χ0n) is 11.2. The fourth-order valence-corrected chi connectivity index (χ4v) is 3.48. The number of halogens is 2. The number of nitrogens with one attached hydrogen (secondary N) is 1. The molecule has 3 rings (SSSR count). The van der Waals surface area contributed by atoms with Crippen LogP contribution >= 0.6 is 35.1 Å². The lowest BCUT2D eigenvalue weighted by molar-refractivity contribution is 1.33. The molecule has 0 saturated heterocycles. The molecule has 0 saturated carbocycles. The molecule has 2 aromatic carbocycles. The monoisotopic (exact) mass is 334 g/mol. The molecular weight excluding hydrogens is 323 g/mol. The SMILES string of the molecule is Cc1cnc2cccc(NSc3cc(Cl)cc(Cl)c3)c2c1. The number of aryl methyl sites for hydroxylation is 1. The van der Waals surface area contributed by atoms with Gasteiger partial charge < -0.3 is 4.72 Å². The fourth-order valence-electron chi connectivity index (χ4n) is 2.04. The van der Waals surface area contributed by atoms with Crippen LogP contribution in [0.5, 0.6) is 0 Å². The summed E-state index contributed by atoms with van der Waals surface area (Å²) in [4.78, 5) is 5.40. The first-order chi connectivity index (χ1) is 10.1. The van der Waals surface area contributed by atoms with Crippen molar-refractivity contribution >= 4 is 51.7 Å². The van der Waals surface area contributed by atoms with Crippen LogP contribution < -0.4 is 4.72 Å². The van der Waals surface area contributed by atoms with E-state index in [-0.39, 0.29) is 0 Å². The van der Waals surface area contributed by atoms with Crippen LogP contribution in [0.15, 0.2) is 53.6 Å². The van der Waals surface area contributed by atoms with E-state index in [0.717, 1.165) is 27.0 Å². The summed E-state index contributed by atoms with van der Waals surface area (Å²) >= 11 is 13.5. The fraction of sp³-hybridized carbons (Fsp3) is 0.0625. The Hall–Kier alpha value is -1.42. The van der Waals surface area contributed by atoms with Crippen molar-refractivity contribution in [1.29, 1.82) is 0 Å². The van der Waals surface area contributed by atoms with E-state index in [4.69, 9.17) is 23.2 Å². The zero-order chi connectivity index (χ0) is 14.8. The second-order valence-corrected chi connectivity index (χ2v) is 6.45. The lowest BCUT2D eigenvalue weighted by Crippen LogP contribution is -1.90. The maximum absolute atomic E-state index is 6.01. The summed E-state index contributed by atoms with van der Waals surface area (Å²) in [5, 5.41) is 2.35. The van der Waals surface area contributed by atoms with Crippen molar-refractivity contribution in [3.63, 3.8) is 0 Å². The first-order valence-corrected chi connectivity index (χ1v) is 7.93. The van der Waals surface area contributed by atoms with Gasteiger partial charge in [-0.05, 0) is 60.8 Å². The summed E-state index contributed by atoms with van der Waals surface area (Å²) in [5.74, 6) is 0. The Morgan fingerprint density at radius 1 is 1.05 bits per heavy atom. The quantitative estimate of drug-likeness (QED) is 0.597. The topological polar surface area (TPSA) is 24.9 Å². The highest BCUT2D eigenvalue weighted by molar-refractivity contribution is 8.00. The van der Waals surface area contributed by atoms with E-state index in [9.17, 15) is 0 Å². The Kier molecular flexibility index (Phi) is 4.24. The highest BCUT2D eigenvalue weighted by Gasteiger charge is 2.04. The standard InChI is InChI=1S/C16H12Cl2N2S/c1-10-5-14-15(19-9-10)3-2-4-16(14)20-21-13-7-11(17)6-12(18)8-13/h2-9,20H,1H3. The van der Waals surface area contributed by atoms with E-state index >= 15 is 0 Å². The number of rotatable bonds is 3. The predicted molar refractivity (Wildman–Crippen MR) is 92.4 cm³/mol. The van der Waals surface area contributed by atoms with Crippen LogP contribution in [0.25, 0.3) is 10.9 Å². The number of anilines is 1. The number of nitrogens with zero attached hydrogens (tertiary/aromatic N) is 1. The van der Waals surface area contributed by atoms with Gasteiger partial charge in [-0.15, -0.1) is 0 Å². The van der Waals surface area contributed by atoms with Crippen LogP contribution in [0.4, 0.5) is 5.69 Å². The Morgan fingerprint density at radius 3 is 2.57 bits per heavy atom. The van der Waals surface area contributed by atoms with Gasteiger partial charge in [0.15, 0.2) is 0 Å². The van der Waals surface area contributed by atoms with Gasteiger partial charge in [0.05, 0.1) is 11.2 Å². The number of pyridine rings is 1. The predicted octanol–water partition coefficient (Wildman–Crippen LogP) is 5.97. The largest absolute Gasteiger partial charge is 0.325 e. The van der Waals surface area contributed by atoms with Gasteiger partial charge in [-0.2, -0.15) is 0 Å². The van der Waals surface area contributed by atoms with Crippen molar-refractivity contribution < 1.29 is 0 Å². The van der Waals surface area contributed by atoms with Crippen molar-refractivity contribution in [1.82, 2.24) is 4.98 Å². The highest BCUT2D eigenvalue weighted by Crippen LogP contribution is 2.30. The third-order valence-electron chi connectivity index (χ3n) is 2.98. The molecule has 0 amide bonds. The molecule has 0 aliphatic rings. The van der Waals surface area contributed by atoms with Crippen molar-refractivity contribution in [2.75, 3.05) is 4.72 Å². The second-order valence-electron chi connectivity index (χ2n) is 4.69. The molecule has 1 N–H and O–H groups in total. The lowest BCUT2D eigenvalue weighted by Gasteiger charge is -2.09. The minimum Gasteiger partial charge on any atom is -0.325 e. The maximum atomic E-state index is 6.01. The van der Waals surface area contributed by atoms with Crippen molar-refractivity contribution in [3.8, 4) is 0 Å². The molecule has 0 bridgehead atoms. The minimum absolute atomic E-state index is 0.627. The van der Waals surface area contributed by atoms with Crippen molar-refractivity contribution in [3.05, 3.63) is 64.3 Å². The number of hydrogen-bond donors (Lipinski definition) is 1. The first-order valence-electron chi connectivity index (χ1n) is 6.36. The van der Waals surface area contributed by atoms with Crippen LogP contribution in [0, 0.1) is 6.92 Å². The van der Waals surface area contributed by atoms with Gasteiger partial charge in [0.1, 0.15) is 0 Å². The van der Waals surface area contributed by atoms with Gasteiger partial charge in [0.2, 0.25) is 0 Å². The molecular formula is C16H12Cl2N2S. The zero-order valence-corrected chi connectivity index (χ0v) is 13.6. The highest BCUT2D eigenvalue weighted by atomic mass is 35.5. The van der Waals surface area contributed by atoms with Crippen LogP contribution in [0.3, 0.4) is 0 Å². The average Bonchev–Trinajstić information content (AvgIpc) is 2.44. The normalized spacial score (nSPS) is 10.8. The maximum Gasteiger partial charge on any atom is 0.0723 e. The van der Waals surface area contributed by atoms with Gasteiger partial charge in [0, 0.05) is 26.5 Å². The Balaban J connectivity index is 1.89. The van der Waals surface area contributed by atoms with Gasteiger partial charge in [-0.3, -0.25) is 4.98 Å². The smallest absolute Gasteiger partial charge is 0.0723 e. The molecule has 21 heavy (non-hydrogen) atoms. The third kappa shape index (κ3) is 3.43. The lowest BCUT2D eigenvalue weighted by atomic mass is 10.1. The van der Waals surface area contributed by atoms with Crippen LogP contribution in [-0.2, 0) is 0 Å². The van der Waals surface area contributed by atoms with Gasteiger partial charge in [-0.25, -0.2) is 0 Å². The molecule has 0 radical (unpaired) electrons. The number of aromatic nitrogens is 1. The molecule has 1 heterocycles. The molecule has 0 spiro atoms. The van der Waals surface area contributed by atoms with E-state index in [1.54, 1.807) is 6.07 Å². The van der Waals surface area contributed by atoms with Gasteiger partial charge in [-0.1, -0.05) is 29.3 Å². The molecule has 0 unspecified atom stereocenters. The Morgan fingerprint density at radius 2 is 1.81 bits per heavy atom. The molecule has 5 heteroatoms. The minimum atomic E-state index is 0.627. The van der Waals surface area contributed by atoms with Gasteiger partial charge >= 0.3 is 0 Å². The summed E-state index contributed by atoms with van der Waals surface area (Å²) < 4.78 is 3.34. The van der Waals surface area contributed by atoms with Crippen LogP contribution in [0.1, 0.15) is 5.56 Å². The molecule has 3 aromatic rings. The summed E-state index contributed by atoms with van der Waals surface area (Å²) in [6.45, 7) is 2.03. The molecule has 1 aromatic heterocycles. The van der Waals surface area contributed by atoms with E-state index in [0.29, 0.717) is 10.0 Å². The van der Waals surface area contributed by atoms with E-state index < -0.39 is 0 Å². The summed E-state index contributed by atoms with van der Waals surface area (Å²) in [6.07, 6.45) is 1.87. The van der Waals surface area contributed by atoms with E-state index in [2.05, 4.69) is 15.8 Å². The van der Waals surface area contributed by atoms with E-state index in [1.807, 2.05) is 43.5 Å². The number of fused-ring (bicyclic) bond motifs is 1. The molecule has 106 valence electrons. The Labute approximate surface area is 137 Å². The van der Waals surface area contributed by atoms with Crippen LogP contribution in [0.2, 0.25) is 10.0 Å². The van der Waals surface area contributed by atoms with Gasteiger partial charge in [0.25, 0.3) is 0 Å². The van der Waals surface area contributed by atoms with Crippen LogP contribution in [-0.4, -0.2) is 4.98 Å². The second kappa shape index (κ2) is 6.14. The number of benzene rings is 2. The first kappa shape index (κ1) is 14.5. The number of hydrogen-bond acceptors (Lipinski definition) is 3. The Bertz CT molecular complexity index is 785. The molecule has 0 aliphatic heterocycles. The molecule has 2 nitrogen and oxygen atoms in total. The van der Waals surface area contributed by atoms with Crippen molar-refractivity contribution in [2.24, 2.45) is 0 Å². The average molecular weight is 335 g/mol. The van der Waals surface area contributed by atoms with Crippen molar-refractivity contribution in [2.45, 2.75) is 11.8 Å². The van der Waals surface area contributed by atoms with E-state index in [1.165, 1.54) is 11.9 Å². The third-order valence-corrected chi connectivity index (χ3v) is 4.21. The molecule has 0 aliphatic carbocycles. The summed E-state index contributed by atoms with van der Waals surface area (Å²) in [7, 11) is 0. The molecule has 0 atom stereocenters.